The number of benzene rings is 3. The molecule has 0 spiro atoms. The number of hydrogen-bond donors (Lipinski definition) is 2. The fourth-order valence-corrected chi connectivity index (χ4v) is 3.19. The second-order valence-electron chi connectivity index (χ2n) is 6.37. The van der Waals surface area contributed by atoms with E-state index in [0.29, 0.717) is 17.4 Å². The fourth-order valence-electron chi connectivity index (χ4n) is 3.10. The van der Waals surface area contributed by atoms with Gasteiger partial charge in [-0.05, 0) is 47.5 Å². The number of aromatic amines is 1. The quantitative estimate of drug-likeness (QED) is 0.419. The van der Waals surface area contributed by atoms with Crippen LogP contribution in [0.25, 0.3) is 22.0 Å². The van der Waals surface area contributed by atoms with Gasteiger partial charge in [-0.25, -0.2) is 0 Å². The molecule has 0 bridgehead atoms. The standard InChI is InChI=1S/C23H19ClN2O2/c24-12-13-25-18-10-8-16(9-11-18)17-4-3-5-19(14-17)28-22-15-23(27)26-21-7-2-1-6-20(21)22/h1-11,14-15,25H,12-13H2,(H,26,27). The van der Waals surface area contributed by atoms with Crippen molar-refractivity contribution in [1.82, 2.24) is 4.98 Å². The zero-order valence-electron chi connectivity index (χ0n) is 15.1. The zero-order chi connectivity index (χ0) is 19.3. The van der Waals surface area contributed by atoms with E-state index in [0.717, 1.165) is 34.3 Å². The number of pyridine rings is 1. The van der Waals surface area contributed by atoms with Crippen LogP contribution in [0.2, 0.25) is 0 Å². The van der Waals surface area contributed by atoms with Crippen molar-refractivity contribution in [3.05, 3.63) is 89.2 Å². The normalized spacial score (nSPS) is 10.8. The Bertz CT molecular complexity index is 1150. The molecule has 0 aliphatic carbocycles. The molecule has 4 rings (SSSR count). The first-order valence-corrected chi connectivity index (χ1v) is 9.57. The summed E-state index contributed by atoms with van der Waals surface area (Å²) >= 11 is 5.71. The van der Waals surface area contributed by atoms with Gasteiger partial charge in [0.25, 0.3) is 5.56 Å². The van der Waals surface area contributed by atoms with Gasteiger partial charge in [0.05, 0.1) is 5.52 Å². The minimum Gasteiger partial charge on any atom is -0.456 e. The van der Waals surface area contributed by atoms with Crippen LogP contribution in [0.3, 0.4) is 0 Å². The van der Waals surface area contributed by atoms with Crippen molar-refractivity contribution in [3.8, 4) is 22.6 Å². The van der Waals surface area contributed by atoms with E-state index in [1.807, 2.05) is 60.7 Å². The number of rotatable bonds is 6. The van der Waals surface area contributed by atoms with Crippen molar-refractivity contribution in [2.24, 2.45) is 0 Å². The third-order valence-electron chi connectivity index (χ3n) is 4.42. The van der Waals surface area contributed by atoms with Crippen LogP contribution < -0.4 is 15.6 Å². The molecule has 0 aliphatic rings. The van der Waals surface area contributed by atoms with E-state index in [9.17, 15) is 4.79 Å². The minimum absolute atomic E-state index is 0.190. The summed E-state index contributed by atoms with van der Waals surface area (Å²) in [7, 11) is 0. The Labute approximate surface area is 167 Å². The number of ether oxygens (including phenoxy) is 1. The van der Waals surface area contributed by atoms with Crippen molar-refractivity contribution >= 4 is 28.2 Å². The Kier molecular flexibility index (Phi) is 5.31. The highest BCUT2D eigenvalue weighted by molar-refractivity contribution is 6.18. The van der Waals surface area contributed by atoms with E-state index >= 15 is 0 Å². The number of para-hydroxylation sites is 1. The van der Waals surface area contributed by atoms with E-state index in [1.54, 1.807) is 0 Å². The van der Waals surface area contributed by atoms with Crippen LogP contribution >= 0.6 is 11.6 Å². The van der Waals surface area contributed by atoms with Crippen molar-refractivity contribution in [3.63, 3.8) is 0 Å². The molecule has 4 aromatic rings. The van der Waals surface area contributed by atoms with E-state index in [4.69, 9.17) is 16.3 Å². The third kappa shape index (κ3) is 4.02. The second-order valence-corrected chi connectivity index (χ2v) is 6.74. The average molecular weight is 391 g/mol. The fraction of sp³-hybridized carbons (Fsp3) is 0.0870. The number of fused-ring (bicyclic) bond motifs is 1. The number of anilines is 1. The molecule has 4 nitrogen and oxygen atoms in total. The van der Waals surface area contributed by atoms with Gasteiger partial charge < -0.3 is 15.0 Å². The second kappa shape index (κ2) is 8.19. The summed E-state index contributed by atoms with van der Waals surface area (Å²) in [5.41, 5.74) is 3.71. The lowest BCUT2D eigenvalue weighted by Crippen LogP contribution is -2.04. The molecule has 2 N–H and O–H groups in total. The molecular formula is C23H19ClN2O2. The van der Waals surface area contributed by atoms with Crippen LogP contribution in [-0.2, 0) is 0 Å². The molecule has 0 atom stereocenters. The number of nitrogens with one attached hydrogen (secondary N) is 2. The van der Waals surface area contributed by atoms with Crippen molar-refractivity contribution in [1.29, 1.82) is 0 Å². The number of halogens is 1. The van der Waals surface area contributed by atoms with Gasteiger partial charge in [-0.1, -0.05) is 36.4 Å². The summed E-state index contributed by atoms with van der Waals surface area (Å²) in [5, 5.41) is 4.11. The highest BCUT2D eigenvalue weighted by Gasteiger charge is 2.07. The third-order valence-corrected chi connectivity index (χ3v) is 4.61. The lowest BCUT2D eigenvalue weighted by atomic mass is 10.1. The van der Waals surface area contributed by atoms with Crippen LogP contribution in [0.15, 0.2) is 83.7 Å². The van der Waals surface area contributed by atoms with Crippen LogP contribution in [0.4, 0.5) is 5.69 Å². The largest absolute Gasteiger partial charge is 0.456 e. The van der Waals surface area contributed by atoms with Crippen LogP contribution in [-0.4, -0.2) is 17.4 Å². The van der Waals surface area contributed by atoms with Crippen molar-refractivity contribution < 1.29 is 4.74 Å². The van der Waals surface area contributed by atoms with Crippen LogP contribution in [0, 0.1) is 0 Å². The predicted octanol–water partition coefficient (Wildman–Crippen LogP) is 5.64. The van der Waals surface area contributed by atoms with Gasteiger partial charge in [0, 0.05) is 29.6 Å². The van der Waals surface area contributed by atoms with Gasteiger partial charge >= 0.3 is 0 Å². The summed E-state index contributed by atoms with van der Waals surface area (Å²) in [6.07, 6.45) is 0. The number of aromatic nitrogens is 1. The van der Waals surface area contributed by atoms with Gasteiger partial charge in [0.15, 0.2) is 0 Å². The average Bonchev–Trinajstić information content (AvgIpc) is 2.73. The Hall–Kier alpha value is -3.24. The van der Waals surface area contributed by atoms with E-state index in [1.165, 1.54) is 6.07 Å². The van der Waals surface area contributed by atoms with Gasteiger partial charge in [0.1, 0.15) is 11.5 Å². The Balaban J connectivity index is 1.62. The first-order valence-electron chi connectivity index (χ1n) is 9.03. The molecule has 0 fully saturated rings. The maximum absolute atomic E-state index is 11.9. The molecular weight excluding hydrogens is 372 g/mol. The van der Waals surface area contributed by atoms with E-state index < -0.39 is 0 Å². The van der Waals surface area contributed by atoms with Gasteiger partial charge in [-0.3, -0.25) is 4.79 Å². The van der Waals surface area contributed by atoms with Crippen molar-refractivity contribution in [2.45, 2.75) is 0 Å². The highest BCUT2D eigenvalue weighted by Crippen LogP contribution is 2.30. The minimum atomic E-state index is -0.190. The summed E-state index contributed by atoms with van der Waals surface area (Å²) in [6.45, 7) is 0.731. The summed E-state index contributed by atoms with van der Waals surface area (Å²) in [6, 6.07) is 25.1. The van der Waals surface area contributed by atoms with Gasteiger partial charge in [0.2, 0.25) is 0 Å². The van der Waals surface area contributed by atoms with Gasteiger partial charge in [-0.2, -0.15) is 0 Å². The van der Waals surface area contributed by atoms with Crippen LogP contribution in [0.5, 0.6) is 11.5 Å². The summed E-state index contributed by atoms with van der Waals surface area (Å²) in [5.74, 6) is 1.78. The SMILES string of the molecule is O=c1cc(Oc2cccc(-c3ccc(NCCCl)cc3)c2)c2ccccc2[nH]1. The van der Waals surface area contributed by atoms with Gasteiger partial charge in [-0.15, -0.1) is 11.6 Å². The highest BCUT2D eigenvalue weighted by atomic mass is 35.5. The maximum atomic E-state index is 11.9. The topological polar surface area (TPSA) is 54.1 Å². The zero-order valence-corrected chi connectivity index (χ0v) is 15.9. The molecule has 140 valence electrons. The first kappa shape index (κ1) is 18.1. The van der Waals surface area contributed by atoms with E-state index in [2.05, 4.69) is 22.4 Å². The number of alkyl halides is 1. The molecule has 0 saturated heterocycles. The predicted molar refractivity (Wildman–Crippen MR) is 116 cm³/mol. The molecule has 1 aromatic heterocycles. The molecule has 0 aliphatic heterocycles. The number of hydrogen-bond acceptors (Lipinski definition) is 3. The monoisotopic (exact) mass is 390 g/mol. The lowest BCUT2D eigenvalue weighted by Gasteiger charge is -2.11. The molecule has 0 saturated carbocycles. The summed E-state index contributed by atoms with van der Waals surface area (Å²) in [4.78, 5) is 14.8. The van der Waals surface area contributed by atoms with Crippen molar-refractivity contribution in [2.75, 3.05) is 17.7 Å². The smallest absolute Gasteiger partial charge is 0.252 e. The molecule has 28 heavy (non-hydrogen) atoms. The molecule has 0 unspecified atom stereocenters. The Morgan fingerprint density at radius 2 is 1.71 bits per heavy atom. The molecule has 0 amide bonds. The Morgan fingerprint density at radius 3 is 2.54 bits per heavy atom. The Morgan fingerprint density at radius 1 is 0.893 bits per heavy atom. The lowest BCUT2D eigenvalue weighted by molar-refractivity contribution is 0.487. The molecule has 3 aromatic carbocycles. The molecule has 1 heterocycles. The van der Waals surface area contributed by atoms with E-state index in [-0.39, 0.29) is 5.56 Å². The number of H-pyrrole nitrogens is 1. The molecule has 5 heteroatoms. The maximum Gasteiger partial charge on any atom is 0.252 e. The summed E-state index contributed by atoms with van der Waals surface area (Å²) < 4.78 is 6.06. The first-order chi connectivity index (χ1) is 13.7. The van der Waals surface area contributed by atoms with Crippen LogP contribution in [0.1, 0.15) is 0 Å². The molecule has 0 radical (unpaired) electrons.